The summed E-state index contributed by atoms with van der Waals surface area (Å²) in [7, 11) is 0. The first-order valence-corrected chi connectivity index (χ1v) is 9.87. The fourth-order valence-electron chi connectivity index (χ4n) is 4.08. The number of rotatable bonds is 5. The van der Waals surface area contributed by atoms with Crippen LogP contribution in [-0.2, 0) is 13.0 Å². The predicted octanol–water partition coefficient (Wildman–Crippen LogP) is 4.55. The molecule has 1 atom stereocenters. The van der Waals surface area contributed by atoms with Gasteiger partial charge in [0.25, 0.3) is 5.91 Å². The molecule has 4 rings (SSSR count). The topological polar surface area (TPSA) is 40.5 Å². The van der Waals surface area contributed by atoms with E-state index in [2.05, 4.69) is 12.1 Å². The molecule has 1 N–H and O–H groups in total. The molecule has 1 aliphatic heterocycles. The predicted molar refractivity (Wildman–Crippen MR) is 112 cm³/mol. The Morgan fingerprint density at radius 3 is 2.50 bits per heavy atom. The Bertz CT molecular complexity index is 952. The van der Waals surface area contributed by atoms with Gasteiger partial charge in [0, 0.05) is 18.7 Å². The molecule has 3 aromatic rings. The second-order valence-corrected chi connectivity index (χ2v) is 7.50. The molecule has 142 valence electrons. The van der Waals surface area contributed by atoms with E-state index in [0.717, 1.165) is 48.2 Å². The molecule has 28 heavy (non-hydrogen) atoms. The van der Waals surface area contributed by atoms with Gasteiger partial charge in [-0.05, 0) is 47.1 Å². The summed E-state index contributed by atoms with van der Waals surface area (Å²) in [5.74, 6) is 0.577. The molecule has 0 radical (unpaired) electrons. The summed E-state index contributed by atoms with van der Waals surface area (Å²) >= 11 is 0. The minimum absolute atomic E-state index is 0.0688. The Hall–Kier alpha value is -2.91. The summed E-state index contributed by atoms with van der Waals surface area (Å²) in [6, 6.07) is 26.1. The number of benzene rings is 3. The van der Waals surface area contributed by atoms with Gasteiger partial charge < -0.3 is 10.0 Å². The summed E-state index contributed by atoms with van der Waals surface area (Å²) in [5, 5.41) is 9.33. The van der Waals surface area contributed by atoms with Crippen molar-refractivity contribution >= 4 is 5.91 Å². The molecule has 1 saturated heterocycles. The van der Waals surface area contributed by atoms with Crippen LogP contribution in [0.1, 0.15) is 27.9 Å². The highest BCUT2D eigenvalue weighted by atomic mass is 16.3. The first-order valence-electron chi connectivity index (χ1n) is 9.87. The lowest BCUT2D eigenvalue weighted by molar-refractivity contribution is 0.0788. The maximum absolute atomic E-state index is 13.2. The van der Waals surface area contributed by atoms with Gasteiger partial charge in [-0.15, -0.1) is 0 Å². The van der Waals surface area contributed by atoms with Gasteiger partial charge in [0.15, 0.2) is 0 Å². The molecular formula is C25H25NO2. The van der Waals surface area contributed by atoms with Crippen LogP contribution in [0.25, 0.3) is 11.1 Å². The third-order valence-electron chi connectivity index (χ3n) is 5.51. The van der Waals surface area contributed by atoms with Crippen LogP contribution in [0.15, 0.2) is 78.9 Å². The first-order chi connectivity index (χ1) is 13.7. The van der Waals surface area contributed by atoms with Crippen LogP contribution >= 0.6 is 0 Å². The highest BCUT2D eigenvalue weighted by molar-refractivity contribution is 6.01. The molecule has 0 saturated carbocycles. The average Bonchev–Trinajstić information content (AvgIpc) is 3.22. The van der Waals surface area contributed by atoms with Crippen LogP contribution in [0.4, 0.5) is 0 Å². The average molecular weight is 371 g/mol. The molecule has 0 aromatic heterocycles. The summed E-state index contributed by atoms with van der Waals surface area (Å²) in [5.41, 5.74) is 5.02. The van der Waals surface area contributed by atoms with E-state index >= 15 is 0 Å². The van der Waals surface area contributed by atoms with Gasteiger partial charge in [-0.1, -0.05) is 72.8 Å². The molecule has 1 fully saturated rings. The minimum Gasteiger partial charge on any atom is -0.392 e. The molecule has 0 unspecified atom stereocenters. The van der Waals surface area contributed by atoms with Crippen molar-refractivity contribution in [3.05, 3.63) is 95.6 Å². The zero-order valence-electron chi connectivity index (χ0n) is 15.9. The summed E-state index contributed by atoms with van der Waals surface area (Å²) in [6.07, 6.45) is 1.96. The normalized spacial score (nSPS) is 16.3. The number of aliphatic hydroxyl groups excluding tert-OH is 1. The molecule has 3 nitrogen and oxygen atoms in total. The number of likely N-dealkylation sites (tertiary alicyclic amines) is 1. The quantitative estimate of drug-likeness (QED) is 0.715. The lowest BCUT2D eigenvalue weighted by atomic mass is 9.97. The molecule has 0 bridgehead atoms. The lowest BCUT2D eigenvalue weighted by Gasteiger charge is -2.19. The van der Waals surface area contributed by atoms with Crippen LogP contribution in [0.5, 0.6) is 0 Å². The van der Waals surface area contributed by atoms with E-state index in [1.165, 1.54) is 5.56 Å². The van der Waals surface area contributed by atoms with E-state index in [-0.39, 0.29) is 12.5 Å². The second kappa shape index (κ2) is 8.41. The van der Waals surface area contributed by atoms with Gasteiger partial charge in [0.05, 0.1) is 6.61 Å². The van der Waals surface area contributed by atoms with E-state index < -0.39 is 0 Å². The van der Waals surface area contributed by atoms with Gasteiger partial charge in [-0.2, -0.15) is 0 Å². The maximum atomic E-state index is 13.2. The van der Waals surface area contributed by atoms with Crippen LogP contribution in [0, 0.1) is 5.92 Å². The van der Waals surface area contributed by atoms with E-state index in [1.54, 1.807) is 0 Å². The van der Waals surface area contributed by atoms with Crippen molar-refractivity contribution in [1.82, 2.24) is 4.90 Å². The zero-order chi connectivity index (χ0) is 19.3. The lowest BCUT2D eigenvalue weighted by Crippen LogP contribution is -2.29. The molecular weight excluding hydrogens is 346 g/mol. The van der Waals surface area contributed by atoms with Gasteiger partial charge in [-0.3, -0.25) is 4.79 Å². The largest absolute Gasteiger partial charge is 0.392 e. The van der Waals surface area contributed by atoms with Crippen molar-refractivity contribution in [2.75, 3.05) is 13.1 Å². The number of amides is 1. The van der Waals surface area contributed by atoms with Crippen molar-refractivity contribution in [1.29, 1.82) is 0 Å². The van der Waals surface area contributed by atoms with E-state index in [4.69, 9.17) is 0 Å². The molecule has 1 amide bonds. The zero-order valence-corrected chi connectivity index (χ0v) is 15.9. The van der Waals surface area contributed by atoms with Crippen LogP contribution in [0.3, 0.4) is 0 Å². The third-order valence-corrected chi connectivity index (χ3v) is 5.51. The van der Waals surface area contributed by atoms with Gasteiger partial charge in [-0.25, -0.2) is 0 Å². The monoisotopic (exact) mass is 371 g/mol. The SMILES string of the molecule is O=C(c1ccccc1-c1ccccc1)N1CC[C@@H](Cc2cccc(CO)c2)C1. The van der Waals surface area contributed by atoms with E-state index in [1.807, 2.05) is 71.6 Å². The van der Waals surface area contributed by atoms with Crippen molar-refractivity contribution in [3.63, 3.8) is 0 Å². The van der Waals surface area contributed by atoms with Gasteiger partial charge in [0.2, 0.25) is 0 Å². The molecule has 1 heterocycles. The van der Waals surface area contributed by atoms with Crippen molar-refractivity contribution in [2.24, 2.45) is 5.92 Å². The number of nitrogens with zero attached hydrogens (tertiary/aromatic N) is 1. The molecule has 1 aliphatic rings. The highest BCUT2D eigenvalue weighted by Gasteiger charge is 2.28. The minimum atomic E-state index is 0.0688. The number of hydrogen-bond donors (Lipinski definition) is 1. The fourth-order valence-corrected chi connectivity index (χ4v) is 4.08. The Morgan fingerprint density at radius 1 is 0.929 bits per heavy atom. The van der Waals surface area contributed by atoms with Crippen LogP contribution < -0.4 is 0 Å². The number of carbonyl (C=O) groups excluding carboxylic acids is 1. The second-order valence-electron chi connectivity index (χ2n) is 7.50. The summed E-state index contributed by atoms with van der Waals surface area (Å²) < 4.78 is 0. The number of carbonyl (C=O) groups is 1. The van der Waals surface area contributed by atoms with Crippen molar-refractivity contribution < 1.29 is 9.90 Å². The van der Waals surface area contributed by atoms with Crippen molar-refractivity contribution in [2.45, 2.75) is 19.4 Å². The van der Waals surface area contributed by atoms with Crippen LogP contribution in [-0.4, -0.2) is 29.0 Å². The van der Waals surface area contributed by atoms with E-state index in [0.29, 0.717) is 5.92 Å². The number of hydrogen-bond acceptors (Lipinski definition) is 2. The highest BCUT2D eigenvalue weighted by Crippen LogP contribution is 2.28. The Labute approximate surface area is 166 Å². The van der Waals surface area contributed by atoms with Crippen LogP contribution in [0.2, 0.25) is 0 Å². The van der Waals surface area contributed by atoms with Gasteiger partial charge in [0.1, 0.15) is 0 Å². The number of aliphatic hydroxyl groups is 1. The summed E-state index contributed by atoms with van der Waals surface area (Å²) in [4.78, 5) is 15.2. The molecule has 3 heteroatoms. The first kappa shape index (κ1) is 18.5. The maximum Gasteiger partial charge on any atom is 0.254 e. The summed E-state index contributed by atoms with van der Waals surface area (Å²) in [6.45, 7) is 1.65. The molecule has 3 aromatic carbocycles. The van der Waals surface area contributed by atoms with Crippen molar-refractivity contribution in [3.8, 4) is 11.1 Å². The molecule has 0 spiro atoms. The standard InChI is InChI=1S/C25H25NO2/c27-18-21-8-6-7-19(16-21)15-20-13-14-26(17-20)25(28)24-12-5-4-11-23(24)22-9-2-1-3-10-22/h1-12,16,20,27H,13-15,17-18H2/t20-/m0/s1. The Balaban J connectivity index is 1.48. The fraction of sp³-hybridized carbons (Fsp3) is 0.240. The Morgan fingerprint density at radius 2 is 1.68 bits per heavy atom. The third kappa shape index (κ3) is 4.00. The van der Waals surface area contributed by atoms with E-state index in [9.17, 15) is 9.90 Å². The van der Waals surface area contributed by atoms with Gasteiger partial charge >= 0.3 is 0 Å². The Kier molecular flexibility index (Phi) is 5.54. The smallest absolute Gasteiger partial charge is 0.254 e. The molecule has 0 aliphatic carbocycles.